The van der Waals surface area contributed by atoms with Gasteiger partial charge in [-0.3, -0.25) is 4.79 Å². The van der Waals surface area contributed by atoms with Crippen LogP contribution in [0.15, 0.2) is 12.1 Å². The number of hydrogen-bond donors (Lipinski definition) is 1. The molecule has 0 amide bonds. The van der Waals surface area contributed by atoms with Gasteiger partial charge in [-0.05, 0) is 24.6 Å². The number of hydrogen-bond acceptors (Lipinski definition) is 3. The number of aliphatic carboxylic acids is 1. The van der Waals surface area contributed by atoms with E-state index in [-0.39, 0.29) is 6.42 Å². The van der Waals surface area contributed by atoms with Crippen LogP contribution in [0.4, 0.5) is 4.39 Å². The third-order valence-corrected chi connectivity index (χ3v) is 3.28. The van der Waals surface area contributed by atoms with Gasteiger partial charge in [0.25, 0.3) is 0 Å². The first-order valence-corrected chi connectivity index (χ1v) is 6.35. The lowest BCUT2D eigenvalue weighted by atomic mass is 9.80. The van der Waals surface area contributed by atoms with Crippen molar-refractivity contribution in [2.45, 2.75) is 38.8 Å². The van der Waals surface area contributed by atoms with E-state index < -0.39 is 17.6 Å². The molecule has 1 rings (SSSR count). The summed E-state index contributed by atoms with van der Waals surface area (Å²) in [5.41, 5.74) is 0.368. The quantitative estimate of drug-likeness (QED) is 0.868. The van der Waals surface area contributed by atoms with Crippen molar-refractivity contribution in [1.29, 1.82) is 0 Å². The van der Waals surface area contributed by atoms with Gasteiger partial charge in [0.15, 0.2) is 11.5 Å². The molecule has 0 fully saturated rings. The van der Waals surface area contributed by atoms with Crippen molar-refractivity contribution in [3.05, 3.63) is 23.3 Å². The Hall–Kier alpha value is -1.78. The summed E-state index contributed by atoms with van der Waals surface area (Å²) in [4.78, 5) is 11.0. The van der Waals surface area contributed by atoms with Crippen LogP contribution in [0.5, 0.6) is 11.5 Å². The molecular weight excluding hydrogens is 263 g/mol. The summed E-state index contributed by atoms with van der Waals surface area (Å²) in [6.07, 6.45) is -1.26. The molecule has 112 valence electrons. The topological polar surface area (TPSA) is 55.8 Å². The Morgan fingerprint density at radius 3 is 2.35 bits per heavy atom. The van der Waals surface area contributed by atoms with E-state index in [0.717, 1.165) is 0 Å². The maximum absolute atomic E-state index is 13.6. The molecule has 5 heteroatoms. The van der Waals surface area contributed by atoms with Crippen LogP contribution in [0.25, 0.3) is 0 Å². The van der Waals surface area contributed by atoms with E-state index in [9.17, 15) is 9.18 Å². The van der Waals surface area contributed by atoms with Gasteiger partial charge in [0.05, 0.1) is 20.6 Å². The molecule has 1 aromatic rings. The standard InChI is InChI=1S/C15H21FO4/c1-9(16)10-6-11(15(2,3)8-13(17)18)14(20-5)12(7-10)19-4/h6-7,9H,8H2,1-5H3,(H,17,18). The van der Waals surface area contributed by atoms with Gasteiger partial charge < -0.3 is 14.6 Å². The summed E-state index contributed by atoms with van der Waals surface area (Å²) in [7, 11) is 2.95. The molecule has 0 heterocycles. The maximum Gasteiger partial charge on any atom is 0.304 e. The van der Waals surface area contributed by atoms with Gasteiger partial charge in [0.2, 0.25) is 0 Å². The number of carboxylic acids is 1. The smallest absolute Gasteiger partial charge is 0.304 e. The van der Waals surface area contributed by atoms with Crippen LogP contribution in [-0.2, 0) is 10.2 Å². The maximum atomic E-state index is 13.6. The second-order valence-corrected chi connectivity index (χ2v) is 5.37. The van der Waals surface area contributed by atoms with Crippen LogP contribution in [0, 0.1) is 0 Å². The Balaban J connectivity index is 3.48. The molecule has 1 aromatic carbocycles. The van der Waals surface area contributed by atoms with Gasteiger partial charge in [-0.2, -0.15) is 0 Å². The van der Waals surface area contributed by atoms with E-state index in [4.69, 9.17) is 14.6 Å². The third-order valence-electron chi connectivity index (χ3n) is 3.28. The zero-order valence-corrected chi connectivity index (χ0v) is 12.5. The average Bonchev–Trinajstić information content (AvgIpc) is 2.35. The Labute approximate surface area is 118 Å². The molecule has 0 aliphatic carbocycles. The highest BCUT2D eigenvalue weighted by molar-refractivity contribution is 5.69. The van der Waals surface area contributed by atoms with Gasteiger partial charge >= 0.3 is 5.97 Å². The number of methoxy groups -OCH3 is 2. The van der Waals surface area contributed by atoms with E-state index in [2.05, 4.69) is 0 Å². The Morgan fingerprint density at radius 1 is 1.35 bits per heavy atom. The van der Waals surface area contributed by atoms with E-state index >= 15 is 0 Å². The van der Waals surface area contributed by atoms with E-state index in [1.165, 1.54) is 21.1 Å². The molecule has 0 aliphatic rings. The minimum atomic E-state index is -1.17. The number of carbonyl (C=O) groups is 1. The highest BCUT2D eigenvalue weighted by Crippen LogP contribution is 2.42. The SMILES string of the molecule is COc1cc(C(C)F)cc(C(C)(C)CC(=O)O)c1OC. The number of carboxylic acid groups (broad SMARTS) is 1. The number of benzene rings is 1. The first-order chi connectivity index (χ1) is 9.22. The molecule has 0 saturated heterocycles. The molecular formula is C15H21FO4. The zero-order valence-electron chi connectivity index (χ0n) is 12.5. The van der Waals surface area contributed by atoms with E-state index in [1.807, 2.05) is 0 Å². The fourth-order valence-electron chi connectivity index (χ4n) is 2.19. The van der Waals surface area contributed by atoms with Crippen LogP contribution in [-0.4, -0.2) is 25.3 Å². The summed E-state index contributed by atoms with van der Waals surface area (Å²) < 4.78 is 24.2. The summed E-state index contributed by atoms with van der Waals surface area (Å²) in [6.45, 7) is 4.99. The molecule has 1 N–H and O–H groups in total. The second-order valence-electron chi connectivity index (χ2n) is 5.37. The minimum absolute atomic E-state index is 0.0867. The van der Waals surface area contributed by atoms with Crippen LogP contribution in [0.3, 0.4) is 0 Å². The number of rotatable bonds is 6. The Bertz CT molecular complexity index is 495. The summed E-state index contributed by atoms with van der Waals surface area (Å²) in [5.74, 6) is -0.0687. The van der Waals surface area contributed by atoms with Crippen LogP contribution < -0.4 is 9.47 Å². The molecule has 0 bridgehead atoms. The van der Waals surface area contributed by atoms with Crippen molar-refractivity contribution in [2.75, 3.05) is 14.2 Å². The lowest BCUT2D eigenvalue weighted by Crippen LogP contribution is -2.23. The monoisotopic (exact) mass is 284 g/mol. The third kappa shape index (κ3) is 3.40. The number of alkyl halides is 1. The van der Waals surface area contributed by atoms with Gasteiger partial charge in [0, 0.05) is 11.0 Å². The summed E-state index contributed by atoms with van der Waals surface area (Å²) >= 11 is 0. The Kier molecular flexibility index (Phi) is 4.98. The predicted molar refractivity (Wildman–Crippen MR) is 74.3 cm³/mol. The highest BCUT2D eigenvalue weighted by atomic mass is 19.1. The Morgan fingerprint density at radius 2 is 1.95 bits per heavy atom. The lowest BCUT2D eigenvalue weighted by Gasteiger charge is -2.27. The minimum Gasteiger partial charge on any atom is -0.493 e. The fraction of sp³-hybridized carbons (Fsp3) is 0.533. The molecule has 0 spiro atoms. The fourth-order valence-corrected chi connectivity index (χ4v) is 2.19. The van der Waals surface area contributed by atoms with Crippen molar-refractivity contribution in [2.24, 2.45) is 0 Å². The van der Waals surface area contributed by atoms with Crippen LogP contribution in [0.2, 0.25) is 0 Å². The molecule has 0 radical (unpaired) electrons. The number of halogens is 1. The zero-order chi connectivity index (χ0) is 15.5. The molecule has 4 nitrogen and oxygen atoms in total. The van der Waals surface area contributed by atoms with Crippen molar-refractivity contribution < 1.29 is 23.8 Å². The van der Waals surface area contributed by atoms with E-state index in [1.54, 1.807) is 26.0 Å². The number of ether oxygens (including phenoxy) is 2. The van der Waals surface area contributed by atoms with Gasteiger partial charge in [-0.15, -0.1) is 0 Å². The predicted octanol–water partition coefficient (Wildman–Crippen LogP) is 3.49. The molecule has 1 unspecified atom stereocenters. The van der Waals surface area contributed by atoms with E-state index in [0.29, 0.717) is 22.6 Å². The highest BCUT2D eigenvalue weighted by Gasteiger charge is 2.30. The first-order valence-electron chi connectivity index (χ1n) is 6.35. The van der Waals surface area contributed by atoms with Crippen molar-refractivity contribution in [1.82, 2.24) is 0 Å². The molecule has 0 saturated carbocycles. The van der Waals surface area contributed by atoms with Crippen molar-refractivity contribution >= 4 is 5.97 Å². The normalized spacial score (nSPS) is 12.9. The van der Waals surface area contributed by atoms with Crippen molar-refractivity contribution in [3.8, 4) is 11.5 Å². The summed E-state index contributed by atoms with van der Waals surface area (Å²) in [5, 5.41) is 9.03. The van der Waals surface area contributed by atoms with Gasteiger partial charge in [-0.25, -0.2) is 4.39 Å². The van der Waals surface area contributed by atoms with Crippen LogP contribution in [0.1, 0.15) is 44.5 Å². The molecule has 0 aliphatic heterocycles. The molecule has 1 atom stereocenters. The van der Waals surface area contributed by atoms with Crippen LogP contribution >= 0.6 is 0 Å². The van der Waals surface area contributed by atoms with Crippen molar-refractivity contribution in [3.63, 3.8) is 0 Å². The largest absolute Gasteiger partial charge is 0.493 e. The first kappa shape index (κ1) is 16.3. The molecule has 0 aromatic heterocycles. The lowest BCUT2D eigenvalue weighted by molar-refractivity contribution is -0.138. The summed E-state index contributed by atoms with van der Waals surface area (Å²) in [6, 6.07) is 3.22. The second kappa shape index (κ2) is 6.11. The van der Waals surface area contributed by atoms with Gasteiger partial charge in [-0.1, -0.05) is 13.8 Å². The average molecular weight is 284 g/mol. The van der Waals surface area contributed by atoms with Gasteiger partial charge in [0.1, 0.15) is 6.17 Å². The molecule has 20 heavy (non-hydrogen) atoms.